The van der Waals surface area contributed by atoms with E-state index in [4.69, 9.17) is 10.5 Å². The molecule has 0 aliphatic heterocycles. The van der Waals surface area contributed by atoms with E-state index < -0.39 is 0 Å². The van der Waals surface area contributed by atoms with Crippen molar-refractivity contribution in [1.82, 2.24) is 9.78 Å². The maximum atomic E-state index is 5.72. The SMILES string of the molecule is CCCOCCn1cc(C(C)N)cn1. The molecule has 1 unspecified atom stereocenters. The van der Waals surface area contributed by atoms with Crippen molar-refractivity contribution in [3.63, 3.8) is 0 Å². The molecule has 1 rings (SSSR count). The van der Waals surface area contributed by atoms with Gasteiger partial charge in [0.05, 0.1) is 19.3 Å². The summed E-state index contributed by atoms with van der Waals surface area (Å²) in [4.78, 5) is 0. The zero-order valence-corrected chi connectivity index (χ0v) is 8.94. The lowest BCUT2D eigenvalue weighted by atomic mass is 10.2. The van der Waals surface area contributed by atoms with Crippen LogP contribution in [0.2, 0.25) is 0 Å². The molecule has 0 radical (unpaired) electrons. The lowest BCUT2D eigenvalue weighted by Gasteiger charge is -2.02. The Labute approximate surface area is 85.0 Å². The molecule has 0 bridgehead atoms. The number of hydrogen-bond donors (Lipinski definition) is 1. The smallest absolute Gasteiger partial charge is 0.0662 e. The number of nitrogens with zero attached hydrogens (tertiary/aromatic N) is 2. The number of aromatic nitrogens is 2. The highest BCUT2D eigenvalue weighted by molar-refractivity contribution is 5.07. The monoisotopic (exact) mass is 197 g/mol. The van der Waals surface area contributed by atoms with Crippen LogP contribution >= 0.6 is 0 Å². The molecule has 2 N–H and O–H groups in total. The van der Waals surface area contributed by atoms with Gasteiger partial charge in [-0.1, -0.05) is 6.92 Å². The molecular weight excluding hydrogens is 178 g/mol. The van der Waals surface area contributed by atoms with Crippen molar-refractivity contribution >= 4 is 0 Å². The van der Waals surface area contributed by atoms with Crippen LogP contribution in [0.1, 0.15) is 31.9 Å². The molecule has 0 saturated heterocycles. The van der Waals surface area contributed by atoms with Crippen LogP contribution in [-0.4, -0.2) is 23.0 Å². The number of rotatable bonds is 6. The van der Waals surface area contributed by atoms with Crippen LogP contribution in [0, 0.1) is 0 Å². The maximum absolute atomic E-state index is 5.72. The van der Waals surface area contributed by atoms with E-state index in [1.807, 2.05) is 24.0 Å². The summed E-state index contributed by atoms with van der Waals surface area (Å²) in [6.07, 6.45) is 4.84. The molecule has 14 heavy (non-hydrogen) atoms. The van der Waals surface area contributed by atoms with Crippen molar-refractivity contribution in [2.45, 2.75) is 32.9 Å². The van der Waals surface area contributed by atoms with Crippen LogP contribution in [0.5, 0.6) is 0 Å². The van der Waals surface area contributed by atoms with Gasteiger partial charge < -0.3 is 10.5 Å². The molecule has 0 amide bonds. The van der Waals surface area contributed by atoms with E-state index in [9.17, 15) is 0 Å². The minimum atomic E-state index is 0.0558. The van der Waals surface area contributed by atoms with E-state index in [1.54, 1.807) is 0 Å². The van der Waals surface area contributed by atoms with Crippen LogP contribution in [0.3, 0.4) is 0 Å². The number of nitrogens with two attached hydrogens (primary N) is 1. The Kier molecular flexibility index (Phi) is 4.62. The zero-order valence-electron chi connectivity index (χ0n) is 8.94. The average molecular weight is 197 g/mol. The minimum absolute atomic E-state index is 0.0558. The van der Waals surface area contributed by atoms with Crippen LogP contribution in [0.4, 0.5) is 0 Å². The second-order valence-corrected chi connectivity index (χ2v) is 3.44. The average Bonchev–Trinajstić information content (AvgIpc) is 2.61. The van der Waals surface area contributed by atoms with E-state index in [0.717, 1.165) is 25.1 Å². The molecule has 0 saturated carbocycles. The second-order valence-electron chi connectivity index (χ2n) is 3.44. The van der Waals surface area contributed by atoms with Crippen LogP contribution in [0.25, 0.3) is 0 Å². The van der Waals surface area contributed by atoms with Gasteiger partial charge in [0.1, 0.15) is 0 Å². The molecule has 4 heteroatoms. The highest BCUT2D eigenvalue weighted by Crippen LogP contribution is 2.06. The van der Waals surface area contributed by atoms with Crippen molar-refractivity contribution in [3.05, 3.63) is 18.0 Å². The predicted octanol–water partition coefficient (Wildman–Crippen LogP) is 1.33. The van der Waals surface area contributed by atoms with Crippen LogP contribution in [0.15, 0.2) is 12.4 Å². The van der Waals surface area contributed by atoms with Gasteiger partial charge in [-0.05, 0) is 13.3 Å². The number of ether oxygens (including phenoxy) is 1. The fourth-order valence-corrected chi connectivity index (χ4v) is 1.14. The fraction of sp³-hybridized carbons (Fsp3) is 0.700. The van der Waals surface area contributed by atoms with Gasteiger partial charge in [-0.2, -0.15) is 5.10 Å². The summed E-state index contributed by atoms with van der Waals surface area (Å²) in [5.41, 5.74) is 6.79. The first-order chi connectivity index (χ1) is 6.74. The first-order valence-electron chi connectivity index (χ1n) is 5.09. The molecule has 0 fully saturated rings. The lowest BCUT2D eigenvalue weighted by molar-refractivity contribution is 0.124. The highest BCUT2D eigenvalue weighted by atomic mass is 16.5. The van der Waals surface area contributed by atoms with Crippen molar-refractivity contribution in [2.24, 2.45) is 5.73 Å². The van der Waals surface area contributed by atoms with Crippen LogP contribution in [-0.2, 0) is 11.3 Å². The largest absolute Gasteiger partial charge is 0.380 e. The van der Waals surface area contributed by atoms with Crippen molar-refractivity contribution in [3.8, 4) is 0 Å². The third-order valence-corrected chi connectivity index (χ3v) is 1.99. The summed E-state index contributed by atoms with van der Waals surface area (Å²) in [7, 11) is 0. The fourth-order valence-electron chi connectivity index (χ4n) is 1.14. The van der Waals surface area contributed by atoms with Crippen molar-refractivity contribution in [1.29, 1.82) is 0 Å². The normalized spacial score (nSPS) is 13.1. The molecular formula is C10H19N3O. The summed E-state index contributed by atoms with van der Waals surface area (Å²) in [6.45, 7) is 6.39. The Morgan fingerprint density at radius 2 is 2.36 bits per heavy atom. The van der Waals surface area contributed by atoms with E-state index in [0.29, 0.717) is 6.61 Å². The summed E-state index contributed by atoms with van der Waals surface area (Å²) >= 11 is 0. The molecule has 1 aromatic heterocycles. The van der Waals surface area contributed by atoms with Crippen LogP contribution < -0.4 is 5.73 Å². The molecule has 1 heterocycles. The first-order valence-corrected chi connectivity index (χ1v) is 5.09. The predicted molar refractivity (Wildman–Crippen MR) is 55.9 cm³/mol. The molecule has 0 aromatic carbocycles. The standard InChI is InChI=1S/C10H19N3O/c1-3-5-14-6-4-13-8-10(7-12-13)9(2)11/h7-9H,3-6,11H2,1-2H3. The summed E-state index contributed by atoms with van der Waals surface area (Å²) < 4.78 is 7.23. The molecule has 1 atom stereocenters. The highest BCUT2D eigenvalue weighted by Gasteiger charge is 2.02. The van der Waals surface area contributed by atoms with Crippen molar-refractivity contribution in [2.75, 3.05) is 13.2 Å². The van der Waals surface area contributed by atoms with E-state index >= 15 is 0 Å². The zero-order chi connectivity index (χ0) is 10.4. The first kappa shape index (κ1) is 11.2. The minimum Gasteiger partial charge on any atom is -0.380 e. The quantitative estimate of drug-likeness (QED) is 0.700. The molecule has 0 aliphatic carbocycles. The van der Waals surface area contributed by atoms with E-state index in [1.165, 1.54) is 0 Å². The Morgan fingerprint density at radius 3 is 2.93 bits per heavy atom. The van der Waals surface area contributed by atoms with Gasteiger partial charge >= 0.3 is 0 Å². The van der Waals surface area contributed by atoms with E-state index in [-0.39, 0.29) is 6.04 Å². The van der Waals surface area contributed by atoms with Gasteiger partial charge in [-0.15, -0.1) is 0 Å². The maximum Gasteiger partial charge on any atom is 0.0662 e. The Bertz CT molecular complexity index is 258. The molecule has 0 aliphatic rings. The number of hydrogen-bond acceptors (Lipinski definition) is 3. The summed E-state index contributed by atoms with van der Waals surface area (Å²) in [5, 5.41) is 4.19. The van der Waals surface area contributed by atoms with Gasteiger partial charge in [-0.3, -0.25) is 4.68 Å². The Balaban J connectivity index is 2.29. The molecule has 1 aromatic rings. The van der Waals surface area contributed by atoms with Gasteiger partial charge in [0.2, 0.25) is 0 Å². The Hall–Kier alpha value is -0.870. The third kappa shape index (κ3) is 3.47. The second kappa shape index (κ2) is 5.78. The van der Waals surface area contributed by atoms with Crippen molar-refractivity contribution < 1.29 is 4.74 Å². The van der Waals surface area contributed by atoms with Gasteiger partial charge in [0, 0.05) is 24.4 Å². The molecule has 0 spiro atoms. The molecule has 80 valence electrons. The Morgan fingerprint density at radius 1 is 1.57 bits per heavy atom. The summed E-state index contributed by atoms with van der Waals surface area (Å²) in [5.74, 6) is 0. The lowest BCUT2D eigenvalue weighted by Crippen LogP contribution is -2.07. The van der Waals surface area contributed by atoms with E-state index in [2.05, 4.69) is 12.0 Å². The van der Waals surface area contributed by atoms with Gasteiger partial charge in [0.25, 0.3) is 0 Å². The van der Waals surface area contributed by atoms with Gasteiger partial charge in [-0.25, -0.2) is 0 Å². The molecule has 4 nitrogen and oxygen atoms in total. The third-order valence-electron chi connectivity index (χ3n) is 1.99. The topological polar surface area (TPSA) is 53.1 Å². The summed E-state index contributed by atoms with van der Waals surface area (Å²) in [6, 6.07) is 0.0558. The van der Waals surface area contributed by atoms with Gasteiger partial charge in [0.15, 0.2) is 0 Å².